The minimum Gasteiger partial charge on any atom is -0.424 e. The van der Waals surface area contributed by atoms with Gasteiger partial charge in [0, 0.05) is 30.1 Å². The molecule has 0 bridgehead atoms. The van der Waals surface area contributed by atoms with Gasteiger partial charge < -0.3 is 58.7 Å². The number of aromatic nitrogens is 5. The third-order valence-electron chi connectivity index (χ3n) is 9.67. The lowest BCUT2D eigenvalue weighted by Gasteiger charge is -2.29. The molecule has 0 saturated heterocycles. The van der Waals surface area contributed by atoms with Crippen LogP contribution in [0.4, 0.5) is 11.8 Å². The van der Waals surface area contributed by atoms with E-state index >= 15 is 0 Å². The molecule has 4 N–H and O–H groups in total. The Balaban J connectivity index is 0.768. The molecule has 0 spiro atoms. The Kier molecular flexibility index (Phi) is 18.9. The molecule has 6 rings (SSSR count). The van der Waals surface area contributed by atoms with Gasteiger partial charge in [0.15, 0.2) is 11.2 Å². The van der Waals surface area contributed by atoms with Crippen molar-refractivity contribution in [1.82, 2.24) is 29.6 Å². The van der Waals surface area contributed by atoms with Gasteiger partial charge in [-0.05, 0) is 46.8 Å². The molecule has 2 aromatic carbocycles. The quantitative estimate of drug-likeness (QED) is 0.0289. The third-order valence-corrected chi connectivity index (χ3v) is 9.67. The molecule has 0 atom stereocenters. The Bertz CT molecular complexity index is 2200. The van der Waals surface area contributed by atoms with Crippen LogP contribution in [0.1, 0.15) is 23.1 Å². The number of ether oxygens (including phenoxy) is 8. The molecule has 21 nitrogen and oxygen atoms in total. The maximum absolute atomic E-state index is 13.0. The second kappa shape index (κ2) is 25.5. The van der Waals surface area contributed by atoms with Gasteiger partial charge in [0.25, 0.3) is 6.01 Å². The van der Waals surface area contributed by atoms with E-state index in [1.54, 1.807) is 6.07 Å². The number of amides is 1. The van der Waals surface area contributed by atoms with Gasteiger partial charge in [-0.15, -0.1) is 0 Å². The van der Waals surface area contributed by atoms with Gasteiger partial charge in [0.2, 0.25) is 5.91 Å². The Morgan fingerprint density at radius 2 is 1.37 bits per heavy atom. The second-order valence-electron chi connectivity index (χ2n) is 14.0. The molecule has 0 fully saturated rings. The number of oxazole rings is 1. The first-order valence-corrected chi connectivity index (χ1v) is 20.6. The van der Waals surface area contributed by atoms with Gasteiger partial charge in [-0.1, -0.05) is 23.3 Å². The van der Waals surface area contributed by atoms with E-state index in [2.05, 4.69) is 43.2 Å². The molecular weight excluding hydrogens is 807 g/mol. The van der Waals surface area contributed by atoms with Crippen LogP contribution < -0.4 is 11.5 Å². The van der Waals surface area contributed by atoms with Crippen molar-refractivity contribution >= 4 is 39.9 Å². The minimum atomic E-state index is 0.0639. The summed E-state index contributed by atoms with van der Waals surface area (Å²) in [6, 6.07) is 12.0. The molecule has 0 aliphatic carbocycles. The number of nitrogens with zero attached hydrogens (tertiary/aromatic N) is 9. The highest BCUT2D eigenvalue weighted by Crippen LogP contribution is 2.33. The highest BCUT2D eigenvalue weighted by Gasteiger charge is 2.22. The summed E-state index contributed by atoms with van der Waals surface area (Å²) in [6.07, 6.45) is 2.50. The number of carbonyl (C=O) groups is 1. The van der Waals surface area contributed by atoms with Crippen LogP contribution in [0.5, 0.6) is 0 Å². The van der Waals surface area contributed by atoms with E-state index in [4.69, 9.17) is 64.4 Å². The number of hydrogen-bond donors (Lipinski definition) is 2. The van der Waals surface area contributed by atoms with Crippen LogP contribution in [-0.4, -0.2) is 154 Å². The average molecular weight is 862 g/mol. The number of anilines is 2. The second-order valence-corrected chi connectivity index (χ2v) is 14.0. The predicted octanol–water partition coefficient (Wildman–Crippen LogP) is 3.57. The third kappa shape index (κ3) is 14.3. The zero-order valence-corrected chi connectivity index (χ0v) is 34.9. The van der Waals surface area contributed by atoms with Gasteiger partial charge in [0.1, 0.15) is 23.4 Å². The first kappa shape index (κ1) is 46.0. The van der Waals surface area contributed by atoms with Crippen molar-refractivity contribution in [3.63, 3.8) is 0 Å². The van der Waals surface area contributed by atoms with Crippen molar-refractivity contribution in [3.8, 4) is 11.3 Å². The average Bonchev–Trinajstić information content (AvgIpc) is 3.85. The van der Waals surface area contributed by atoms with Gasteiger partial charge >= 0.3 is 0 Å². The Labute approximate surface area is 358 Å². The van der Waals surface area contributed by atoms with Crippen molar-refractivity contribution in [3.05, 3.63) is 69.9 Å². The van der Waals surface area contributed by atoms with Crippen LogP contribution in [-0.2, 0) is 62.2 Å². The van der Waals surface area contributed by atoms with Crippen molar-refractivity contribution < 1.29 is 47.1 Å². The first-order valence-electron chi connectivity index (χ1n) is 20.6. The topological polar surface area (TPSA) is 265 Å². The fourth-order valence-electron chi connectivity index (χ4n) is 6.63. The number of azide groups is 1. The summed E-state index contributed by atoms with van der Waals surface area (Å²) in [6.45, 7) is 9.07. The molecular formula is C41H55N11O10. The van der Waals surface area contributed by atoms with Crippen molar-refractivity contribution in [1.29, 1.82) is 0 Å². The highest BCUT2D eigenvalue weighted by molar-refractivity contribution is 5.99. The molecule has 5 aromatic rings. The lowest BCUT2D eigenvalue weighted by atomic mass is 9.97. The summed E-state index contributed by atoms with van der Waals surface area (Å²) in [5.41, 5.74) is 26.9. The van der Waals surface area contributed by atoms with Crippen molar-refractivity contribution in [2.75, 3.05) is 130 Å². The standard InChI is InChI=1S/C41H55N11O10/c42-39-37-38(32-3-4-35-34(26-32)48-41(43)62-35)49-52(40(37)46-29-45-39)27-30-1-2-33-28-51(8-5-31(33)25-30)36(53)6-9-54-11-13-56-15-17-58-19-21-60-23-24-61-22-20-59-18-16-57-14-12-55-10-7-47-50-44/h1-4,25-26,29H,5-24,27-28H2,(H2,43,48)(H2,42,45,46). The molecule has 1 aliphatic heterocycles. The van der Waals surface area contributed by atoms with Gasteiger partial charge in [-0.2, -0.15) is 10.1 Å². The normalized spacial score (nSPS) is 12.6. The first-order chi connectivity index (χ1) is 30.5. The van der Waals surface area contributed by atoms with Crippen molar-refractivity contribution in [2.24, 2.45) is 5.11 Å². The van der Waals surface area contributed by atoms with Crippen LogP contribution in [0.2, 0.25) is 0 Å². The fraction of sp³-hybridized carbons (Fsp3) is 0.537. The molecule has 21 heteroatoms. The van der Waals surface area contributed by atoms with E-state index in [-0.39, 0.29) is 11.9 Å². The van der Waals surface area contributed by atoms with Crippen LogP contribution in [0, 0.1) is 0 Å². The smallest absolute Gasteiger partial charge is 0.292 e. The molecule has 1 amide bonds. The molecule has 0 radical (unpaired) electrons. The Hall–Kier alpha value is -5.48. The molecule has 3 aromatic heterocycles. The van der Waals surface area contributed by atoms with Crippen LogP contribution in [0.25, 0.3) is 43.8 Å². The number of benzene rings is 2. The van der Waals surface area contributed by atoms with E-state index in [1.165, 1.54) is 11.9 Å². The maximum atomic E-state index is 13.0. The number of carbonyl (C=O) groups excluding carboxylic acids is 1. The van der Waals surface area contributed by atoms with Gasteiger partial charge in [-0.25, -0.2) is 14.6 Å². The van der Waals surface area contributed by atoms with E-state index in [0.29, 0.717) is 172 Å². The summed E-state index contributed by atoms with van der Waals surface area (Å²) in [5, 5.41) is 8.96. The van der Waals surface area contributed by atoms with E-state index < -0.39 is 0 Å². The molecule has 334 valence electrons. The summed E-state index contributed by atoms with van der Waals surface area (Å²) in [7, 11) is 0. The fourth-order valence-corrected chi connectivity index (χ4v) is 6.63. The monoisotopic (exact) mass is 861 g/mol. The zero-order chi connectivity index (χ0) is 43.2. The molecule has 0 unspecified atom stereocenters. The lowest BCUT2D eigenvalue weighted by molar-refractivity contribution is -0.133. The van der Waals surface area contributed by atoms with Crippen LogP contribution in [0.3, 0.4) is 0 Å². The number of fused-ring (bicyclic) bond motifs is 3. The van der Waals surface area contributed by atoms with E-state index in [1.807, 2.05) is 21.7 Å². The SMILES string of the molecule is [N-]=[N+]=NCCOCCOCCOCCOCCOCCOCCOCCOCCC(=O)N1CCc2cc(Cn3nc(-c4ccc5oc(N)nc5c4)c4c(N)ncnc43)ccc2C1. The molecule has 62 heavy (non-hydrogen) atoms. The van der Waals surface area contributed by atoms with Crippen LogP contribution in [0.15, 0.2) is 52.3 Å². The lowest BCUT2D eigenvalue weighted by Crippen LogP contribution is -2.36. The Morgan fingerprint density at radius 1 is 0.758 bits per heavy atom. The van der Waals surface area contributed by atoms with Crippen molar-refractivity contribution in [2.45, 2.75) is 25.9 Å². The number of rotatable bonds is 30. The highest BCUT2D eigenvalue weighted by atomic mass is 16.6. The molecule has 0 saturated carbocycles. The number of nitrogen functional groups attached to an aromatic ring is 2. The van der Waals surface area contributed by atoms with Crippen LogP contribution >= 0.6 is 0 Å². The van der Waals surface area contributed by atoms with E-state index in [0.717, 1.165) is 23.1 Å². The van der Waals surface area contributed by atoms with Gasteiger partial charge in [-0.3, -0.25) is 4.79 Å². The minimum absolute atomic E-state index is 0.0639. The van der Waals surface area contributed by atoms with Gasteiger partial charge in [0.05, 0.1) is 124 Å². The summed E-state index contributed by atoms with van der Waals surface area (Å²) < 4.78 is 51.1. The summed E-state index contributed by atoms with van der Waals surface area (Å²) >= 11 is 0. The maximum Gasteiger partial charge on any atom is 0.292 e. The van der Waals surface area contributed by atoms with E-state index in [9.17, 15) is 4.79 Å². The predicted molar refractivity (Wildman–Crippen MR) is 227 cm³/mol. The largest absolute Gasteiger partial charge is 0.424 e. The molecule has 1 aliphatic rings. The zero-order valence-electron chi connectivity index (χ0n) is 34.9. The summed E-state index contributed by atoms with van der Waals surface area (Å²) in [5.74, 6) is 0.401. The Morgan fingerprint density at radius 3 is 2.00 bits per heavy atom. The number of nitrogens with two attached hydrogens (primary N) is 2. The summed E-state index contributed by atoms with van der Waals surface area (Å²) in [4.78, 5) is 30.6. The number of hydrogen-bond acceptors (Lipinski definition) is 17. The molecule has 4 heterocycles.